The predicted octanol–water partition coefficient (Wildman–Crippen LogP) is 4.99. The number of amides is 1. The lowest BCUT2D eigenvalue weighted by molar-refractivity contribution is 0.102. The van der Waals surface area contributed by atoms with Crippen molar-refractivity contribution >= 4 is 22.7 Å². The van der Waals surface area contributed by atoms with Gasteiger partial charge in [-0.05, 0) is 51.1 Å². The van der Waals surface area contributed by atoms with Crippen molar-refractivity contribution in [2.45, 2.75) is 20.8 Å². The van der Waals surface area contributed by atoms with Crippen molar-refractivity contribution < 1.29 is 18.1 Å². The van der Waals surface area contributed by atoms with Crippen LogP contribution < -0.4 is 5.32 Å². The molecule has 0 bridgehead atoms. The molecule has 0 aliphatic carbocycles. The number of imidazole rings is 1. The van der Waals surface area contributed by atoms with E-state index in [1.807, 2.05) is 19.9 Å². The minimum absolute atomic E-state index is 0.241. The van der Waals surface area contributed by atoms with Crippen molar-refractivity contribution in [1.82, 2.24) is 19.7 Å². The number of nitrogens with one attached hydrogen (secondary N) is 1. The van der Waals surface area contributed by atoms with Crippen LogP contribution in [0.3, 0.4) is 0 Å². The van der Waals surface area contributed by atoms with Gasteiger partial charge < -0.3 is 18.8 Å². The first-order valence-corrected chi connectivity index (χ1v) is 9.84. The monoisotopic (exact) mass is 431 g/mol. The van der Waals surface area contributed by atoms with Gasteiger partial charge in [0.15, 0.2) is 0 Å². The van der Waals surface area contributed by atoms with E-state index in [0.717, 1.165) is 11.3 Å². The van der Waals surface area contributed by atoms with E-state index < -0.39 is 11.7 Å². The van der Waals surface area contributed by atoms with Crippen molar-refractivity contribution in [3.63, 3.8) is 0 Å². The van der Waals surface area contributed by atoms with Gasteiger partial charge in [-0.25, -0.2) is 14.4 Å². The number of benzene rings is 1. The second kappa shape index (κ2) is 7.45. The Labute approximate surface area is 181 Å². The third kappa shape index (κ3) is 3.33. The molecule has 32 heavy (non-hydrogen) atoms. The van der Waals surface area contributed by atoms with E-state index in [4.69, 9.17) is 8.94 Å². The van der Waals surface area contributed by atoms with Gasteiger partial charge in [-0.15, -0.1) is 0 Å². The highest BCUT2D eigenvalue weighted by Crippen LogP contribution is 2.31. The third-order valence-corrected chi connectivity index (χ3v) is 5.17. The maximum Gasteiger partial charge on any atom is 0.259 e. The summed E-state index contributed by atoms with van der Waals surface area (Å²) in [5.41, 5.74) is 3.01. The number of furan rings is 1. The van der Waals surface area contributed by atoms with Crippen molar-refractivity contribution in [2.75, 3.05) is 5.32 Å². The molecule has 4 heterocycles. The SMILES string of the molecule is Cc1cc(-c2cc(C(=O)Nc3ccc(-n4ccnc4)c(F)c3)c3c(C)noc3n2)c(C)o1. The summed E-state index contributed by atoms with van der Waals surface area (Å²) in [5, 5.41) is 7.21. The molecule has 160 valence electrons. The molecule has 0 saturated heterocycles. The molecule has 9 heteroatoms. The maximum absolute atomic E-state index is 14.6. The molecule has 0 spiro atoms. The van der Waals surface area contributed by atoms with Crippen LogP contribution in [0.4, 0.5) is 10.1 Å². The molecule has 0 radical (unpaired) electrons. The highest BCUT2D eigenvalue weighted by Gasteiger charge is 2.21. The normalized spacial score (nSPS) is 11.2. The first kappa shape index (κ1) is 19.7. The Hall–Kier alpha value is -4.27. The van der Waals surface area contributed by atoms with Crippen LogP contribution in [0.1, 0.15) is 27.6 Å². The standard InChI is InChI=1S/C23H18FN5O3/c1-12-8-16(14(3)31-12)19-10-17(21-13(2)28-32-23(21)27-19)22(30)26-15-4-5-20(18(24)9-15)29-7-6-25-11-29/h4-11H,1-3H3,(H,26,30). The van der Waals surface area contributed by atoms with Crippen LogP contribution >= 0.6 is 0 Å². The number of rotatable bonds is 4. The van der Waals surface area contributed by atoms with Crippen LogP contribution in [-0.4, -0.2) is 25.6 Å². The van der Waals surface area contributed by atoms with Crippen LogP contribution in [0, 0.1) is 26.6 Å². The first-order chi connectivity index (χ1) is 15.4. The van der Waals surface area contributed by atoms with Crippen LogP contribution in [0.5, 0.6) is 0 Å². The molecule has 0 saturated carbocycles. The average molecular weight is 431 g/mol. The molecule has 0 fully saturated rings. The minimum atomic E-state index is -0.494. The summed E-state index contributed by atoms with van der Waals surface area (Å²) in [5.74, 6) is 0.478. The molecule has 4 aromatic heterocycles. The first-order valence-electron chi connectivity index (χ1n) is 9.84. The zero-order valence-electron chi connectivity index (χ0n) is 17.5. The van der Waals surface area contributed by atoms with Gasteiger partial charge in [-0.1, -0.05) is 5.16 Å². The van der Waals surface area contributed by atoms with Gasteiger partial charge in [0.1, 0.15) is 17.3 Å². The van der Waals surface area contributed by atoms with Gasteiger partial charge in [0.25, 0.3) is 11.6 Å². The number of aryl methyl sites for hydroxylation is 3. The molecule has 5 rings (SSSR count). The van der Waals surface area contributed by atoms with Crippen molar-refractivity contribution in [2.24, 2.45) is 0 Å². The van der Waals surface area contributed by atoms with Crippen molar-refractivity contribution in [1.29, 1.82) is 0 Å². The molecule has 1 amide bonds. The van der Waals surface area contributed by atoms with E-state index in [1.165, 1.54) is 12.4 Å². The maximum atomic E-state index is 14.6. The fourth-order valence-electron chi connectivity index (χ4n) is 3.69. The van der Waals surface area contributed by atoms with Crippen LogP contribution in [0.25, 0.3) is 28.0 Å². The fourth-order valence-corrected chi connectivity index (χ4v) is 3.69. The van der Waals surface area contributed by atoms with E-state index in [-0.39, 0.29) is 5.71 Å². The van der Waals surface area contributed by atoms with Gasteiger partial charge in [0.05, 0.1) is 34.4 Å². The summed E-state index contributed by atoms with van der Waals surface area (Å²) in [6, 6.07) is 7.96. The zero-order valence-corrected chi connectivity index (χ0v) is 17.5. The van der Waals surface area contributed by atoms with Crippen LogP contribution in [-0.2, 0) is 0 Å². The van der Waals surface area contributed by atoms with Gasteiger partial charge in [0, 0.05) is 23.6 Å². The summed E-state index contributed by atoms with van der Waals surface area (Å²) < 4.78 is 27.1. The number of pyridine rings is 1. The topological polar surface area (TPSA) is 99.0 Å². The Kier molecular flexibility index (Phi) is 4.58. The Bertz CT molecular complexity index is 1470. The van der Waals surface area contributed by atoms with Gasteiger partial charge in [-0.2, -0.15) is 0 Å². The second-order valence-electron chi connectivity index (χ2n) is 7.42. The predicted molar refractivity (Wildman–Crippen MR) is 115 cm³/mol. The number of anilines is 1. The molecular formula is C23H18FN5O3. The molecule has 0 atom stereocenters. The minimum Gasteiger partial charge on any atom is -0.466 e. The van der Waals surface area contributed by atoms with Gasteiger partial charge >= 0.3 is 0 Å². The smallest absolute Gasteiger partial charge is 0.259 e. The molecule has 0 aliphatic rings. The Morgan fingerprint density at radius 2 is 2.00 bits per heavy atom. The lowest BCUT2D eigenvalue weighted by Crippen LogP contribution is -2.13. The van der Waals surface area contributed by atoms with E-state index in [9.17, 15) is 9.18 Å². The Balaban J connectivity index is 1.54. The van der Waals surface area contributed by atoms with E-state index in [0.29, 0.717) is 39.5 Å². The molecule has 8 nitrogen and oxygen atoms in total. The summed E-state index contributed by atoms with van der Waals surface area (Å²) in [6.45, 7) is 5.39. The summed E-state index contributed by atoms with van der Waals surface area (Å²) in [4.78, 5) is 21.6. The van der Waals surface area contributed by atoms with E-state index >= 15 is 0 Å². The number of hydrogen-bond acceptors (Lipinski definition) is 6. The summed E-state index contributed by atoms with van der Waals surface area (Å²) >= 11 is 0. The number of carbonyl (C=O) groups is 1. The molecule has 0 unspecified atom stereocenters. The Morgan fingerprint density at radius 3 is 2.69 bits per heavy atom. The highest BCUT2D eigenvalue weighted by molar-refractivity contribution is 6.13. The number of aromatic nitrogens is 4. The number of carbonyl (C=O) groups excluding carboxylic acids is 1. The molecular weight excluding hydrogens is 413 g/mol. The van der Waals surface area contributed by atoms with E-state index in [1.54, 1.807) is 42.1 Å². The lowest BCUT2D eigenvalue weighted by atomic mass is 10.1. The molecule has 0 aliphatic heterocycles. The quantitative estimate of drug-likeness (QED) is 0.431. The second-order valence-corrected chi connectivity index (χ2v) is 7.42. The summed E-state index contributed by atoms with van der Waals surface area (Å²) in [7, 11) is 0. The van der Waals surface area contributed by atoms with Crippen LogP contribution in [0.15, 0.2) is 58.0 Å². The number of nitrogens with zero attached hydrogens (tertiary/aromatic N) is 4. The number of fused-ring (bicyclic) bond motifs is 1. The number of hydrogen-bond donors (Lipinski definition) is 1. The van der Waals surface area contributed by atoms with Crippen molar-refractivity contribution in [3.8, 4) is 16.9 Å². The van der Waals surface area contributed by atoms with E-state index in [2.05, 4.69) is 20.4 Å². The molecule has 1 aromatic carbocycles. The lowest BCUT2D eigenvalue weighted by Gasteiger charge is -2.10. The summed E-state index contributed by atoms with van der Waals surface area (Å²) in [6.07, 6.45) is 4.70. The van der Waals surface area contributed by atoms with Crippen molar-refractivity contribution in [3.05, 3.63) is 77.6 Å². The highest BCUT2D eigenvalue weighted by atomic mass is 19.1. The fraction of sp³-hybridized carbons (Fsp3) is 0.130. The molecule has 5 aromatic rings. The van der Waals surface area contributed by atoms with Crippen LogP contribution in [0.2, 0.25) is 0 Å². The Morgan fingerprint density at radius 1 is 1.16 bits per heavy atom. The van der Waals surface area contributed by atoms with Gasteiger partial charge in [-0.3, -0.25) is 4.79 Å². The zero-order chi connectivity index (χ0) is 22.4. The largest absolute Gasteiger partial charge is 0.466 e. The number of halogens is 1. The average Bonchev–Trinajstić information content (AvgIpc) is 3.48. The molecule has 1 N–H and O–H groups in total. The third-order valence-electron chi connectivity index (χ3n) is 5.17. The van der Waals surface area contributed by atoms with Gasteiger partial charge in [0.2, 0.25) is 0 Å².